The molecule has 1 atom stereocenters. The molecule has 10 heteroatoms. The number of hydrogen-bond donors (Lipinski definition) is 1. The maximum atomic E-state index is 12.7. The average molecular weight is 395 g/mol. The molecule has 150 valence electrons. The molecule has 0 saturated carbocycles. The number of nitrogens with zero attached hydrogens (tertiary/aromatic N) is 6. The number of carbonyl (C=O) groups excluding carboxylic acids is 2. The lowest BCUT2D eigenvalue weighted by Crippen LogP contribution is -2.54. The monoisotopic (exact) mass is 395 g/mol. The van der Waals surface area contributed by atoms with E-state index in [4.69, 9.17) is 4.42 Å². The largest absolute Gasteiger partial charge is 0.472 e. The van der Waals surface area contributed by atoms with Gasteiger partial charge in [0, 0.05) is 26.2 Å². The molecule has 1 aliphatic rings. The first-order valence-corrected chi connectivity index (χ1v) is 9.34. The van der Waals surface area contributed by atoms with Crippen LogP contribution in [0.3, 0.4) is 0 Å². The number of hydrogen-bond acceptors (Lipinski definition) is 7. The van der Waals surface area contributed by atoms with E-state index in [1.54, 1.807) is 22.6 Å². The molecule has 1 saturated heterocycles. The maximum Gasteiger partial charge on any atom is 0.255 e. The van der Waals surface area contributed by atoms with E-state index in [9.17, 15) is 9.59 Å². The number of amides is 2. The number of aromatic nitrogens is 4. The molecule has 29 heavy (non-hydrogen) atoms. The SMILES string of the molecule is CC(NC(=O)c1ccoc1)C(=O)N1CCN(c2nnnn2-c2ccccc2)CC1. The van der Waals surface area contributed by atoms with E-state index in [-0.39, 0.29) is 11.8 Å². The van der Waals surface area contributed by atoms with Crippen LogP contribution < -0.4 is 10.2 Å². The highest BCUT2D eigenvalue weighted by atomic mass is 16.3. The van der Waals surface area contributed by atoms with Crippen molar-refractivity contribution in [1.82, 2.24) is 30.4 Å². The third kappa shape index (κ3) is 3.96. The Morgan fingerprint density at radius 3 is 2.55 bits per heavy atom. The van der Waals surface area contributed by atoms with E-state index in [0.717, 1.165) is 5.69 Å². The Labute approximate surface area is 167 Å². The molecule has 0 radical (unpaired) electrons. The quantitative estimate of drug-likeness (QED) is 0.678. The average Bonchev–Trinajstić information content (AvgIpc) is 3.46. The van der Waals surface area contributed by atoms with E-state index in [0.29, 0.717) is 37.7 Å². The molecular weight excluding hydrogens is 374 g/mol. The van der Waals surface area contributed by atoms with Crippen LogP contribution in [-0.4, -0.2) is 69.1 Å². The first-order valence-electron chi connectivity index (χ1n) is 9.34. The third-order valence-electron chi connectivity index (χ3n) is 4.83. The Morgan fingerprint density at radius 2 is 1.86 bits per heavy atom. The van der Waals surface area contributed by atoms with Crippen LogP contribution in [0.25, 0.3) is 5.69 Å². The molecule has 4 rings (SSSR count). The van der Waals surface area contributed by atoms with E-state index >= 15 is 0 Å². The van der Waals surface area contributed by atoms with E-state index < -0.39 is 6.04 Å². The summed E-state index contributed by atoms with van der Waals surface area (Å²) >= 11 is 0. The molecule has 1 aromatic carbocycles. The second-order valence-electron chi connectivity index (χ2n) is 6.75. The first kappa shape index (κ1) is 18.7. The molecule has 0 aliphatic carbocycles. The van der Waals surface area contributed by atoms with Gasteiger partial charge in [-0.1, -0.05) is 23.3 Å². The molecule has 0 spiro atoms. The summed E-state index contributed by atoms with van der Waals surface area (Å²) in [6.07, 6.45) is 2.77. The zero-order valence-corrected chi connectivity index (χ0v) is 15.9. The second kappa shape index (κ2) is 8.13. The fourth-order valence-electron chi connectivity index (χ4n) is 3.25. The topological polar surface area (TPSA) is 109 Å². The summed E-state index contributed by atoms with van der Waals surface area (Å²) in [4.78, 5) is 28.6. The molecule has 3 aromatic rings. The zero-order valence-electron chi connectivity index (χ0n) is 15.9. The van der Waals surface area contributed by atoms with Crippen molar-refractivity contribution in [2.45, 2.75) is 13.0 Å². The number of piperazine rings is 1. The highest BCUT2D eigenvalue weighted by Gasteiger charge is 2.28. The lowest BCUT2D eigenvalue weighted by molar-refractivity contribution is -0.133. The Bertz CT molecular complexity index is 963. The van der Waals surface area contributed by atoms with Gasteiger partial charge in [0.25, 0.3) is 5.91 Å². The Hall–Kier alpha value is -3.69. The fraction of sp³-hybridized carbons (Fsp3) is 0.316. The minimum Gasteiger partial charge on any atom is -0.472 e. The summed E-state index contributed by atoms with van der Waals surface area (Å²) in [6, 6.07) is 10.6. The van der Waals surface area contributed by atoms with Crippen molar-refractivity contribution in [3.63, 3.8) is 0 Å². The normalized spacial score (nSPS) is 15.2. The zero-order chi connectivity index (χ0) is 20.2. The van der Waals surface area contributed by atoms with Gasteiger partial charge in [-0.15, -0.1) is 0 Å². The van der Waals surface area contributed by atoms with Crippen molar-refractivity contribution in [3.05, 3.63) is 54.5 Å². The standard InChI is InChI=1S/C19H21N7O3/c1-14(20-17(27)15-7-12-29-13-15)18(28)24-8-10-25(11-9-24)19-21-22-23-26(19)16-5-3-2-4-6-16/h2-7,12-14H,8-11H2,1H3,(H,20,27). The molecular formula is C19H21N7O3. The van der Waals surface area contributed by atoms with Gasteiger partial charge in [0.05, 0.1) is 17.5 Å². The van der Waals surface area contributed by atoms with Crippen molar-refractivity contribution in [3.8, 4) is 5.69 Å². The minimum atomic E-state index is -0.626. The predicted molar refractivity (Wildman–Crippen MR) is 104 cm³/mol. The van der Waals surface area contributed by atoms with Crippen LogP contribution in [0.1, 0.15) is 17.3 Å². The van der Waals surface area contributed by atoms with Crippen molar-refractivity contribution >= 4 is 17.8 Å². The number of nitrogens with one attached hydrogen (secondary N) is 1. The van der Waals surface area contributed by atoms with Crippen LogP contribution in [0.2, 0.25) is 0 Å². The van der Waals surface area contributed by atoms with Crippen LogP contribution in [0.4, 0.5) is 5.95 Å². The molecule has 1 unspecified atom stereocenters. The third-order valence-corrected chi connectivity index (χ3v) is 4.83. The molecule has 2 amide bonds. The number of furan rings is 1. The highest BCUT2D eigenvalue weighted by molar-refractivity contribution is 5.97. The Balaban J connectivity index is 1.36. The van der Waals surface area contributed by atoms with Crippen molar-refractivity contribution < 1.29 is 14.0 Å². The Morgan fingerprint density at radius 1 is 1.10 bits per heavy atom. The fourth-order valence-corrected chi connectivity index (χ4v) is 3.25. The van der Waals surface area contributed by atoms with Crippen LogP contribution in [-0.2, 0) is 4.79 Å². The summed E-state index contributed by atoms with van der Waals surface area (Å²) in [5.74, 6) is 0.189. The molecule has 2 aromatic heterocycles. The summed E-state index contributed by atoms with van der Waals surface area (Å²) in [5, 5.41) is 14.7. The van der Waals surface area contributed by atoms with Gasteiger partial charge in [-0.2, -0.15) is 4.68 Å². The van der Waals surface area contributed by atoms with E-state index in [1.807, 2.05) is 35.2 Å². The number of tetrazole rings is 1. The number of anilines is 1. The maximum absolute atomic E-state index is 12.7. The predicted octanol–water partition coefficient (Wildman–Crippen LogP) is 0.722. The van der Waals surface area contributed by atoms with Gasteiger partial charge < -0.3 is 19.5 Å². The van der Waals surface area contributed by atoms with Gasteiger partial charge in [-0.25, -0.2) is 0 Å². The van der Waals surface area contributed by atoms with Crippen molar-refractivity contribution in [2.24, 2.45) is 0 Å². The highest BCUT2D eigenvalue weighted by Crippen LogP contribution is 2.17. The van der Waals surface area contributed by atoms with Crippen molar-refractivity contribution in [1.29, 1.82) is 0 Å². The van der Waals surface area contributed by atoms with Crippen molar-refractivity contribution in [2.75, 3.05) is 31.1 Å². The van der Waals surface area contributed by atoms with E-state index in [2.05, 4.69) is 20.8 Å². The molecule has 10 nitrogen and oxygen atoms in total. The first-order chi connectivity index (χ1) is 14.1. The van der Waals surface area contributed by atoms with E-state index in [1.165, 1.54) is 12.5 Å². The van der Waals surface area contributed by atoms with Crippen LogP contribution in [0, 0.1) is 0 Å². The number of para-hydroxylation sites is 1. The summed E-state index contributed by atoms with van der Waals surface area (Å²) in [5.41, 5.74) is 1.27. The second-order valence-corrected chi connectivity index (χ2v) is 6.75. The molecule has 3 heterocycles. The summed E-state index contributed by atoms with van der Waals surface area (Å²) in [6.45, 7) is 3.92. The van der Waals surface area contributed by atoms with Gasteiger partial charge in [-0.3, -0.25) is 9.59 Å². The van der Waals surface area contributed by atoms with Crippen LogP contribution in [0.5, 0.6) is 0 Å². The van der Waals surface area contributed by atoms with Crippen LogP contribution in [0.15, 0.2) is 53.3 Å². The number of carbonyl (C=O) groups is 2. The summed E-state index contributed by atoms with van der Waals surface area (Å²) < 4.78 is 6.59. The van der Waals surface area contributed by atoms with Gasteiger partial charge in [0.15, 0.2) is 0 Å². The van der Waals surface area contributed by atoms with Gasteiger partial charge in [0.1, 0.15) is 12.3 Å². The smallest absolute Gasteiger partial charge is 0.255 e. The lowest BCUT2D eigenvalue weighted by atomic mass is 10.2. The summed E-state index contributed by atoms with van der Waals surface area (Å²) in [7, 11) is 0. The molecule has 0 bridgehead atoms. The molecule has 1 N–H and O–H groups in total. The van der Waals surface area contributed by atoms with Crippen LogP contribution >= 0.6 is 0 Å². The lowest BCUT2D eigenvalue weighted by Gasteiger charge is -2.36. The van der Waals surface area contributed by atoms with Gasteiger partial charge >= 0.3 is 0 Å². The number of rotatable bonds is 5. The molecule has 1 fully saturated rings. The van der Waals surface area contributed by atoms with Gasteiger partial charge in [-0.05, 0) is 35.5 Å². The molecule has 1 aliphatic heterocycles. The van der Waals surface area contributed by atoms with Gasteiger partial charge in [0.2, 0.25) is 11.9 Å². The Kier molecular flexibility index (Phi) is 5.23. The number of benzene rings is 1. The minimum absolute atomic E-state index is 0.121.